The van der Waals surface area contributed by atoms with E-state index in [1.807, 2.05) is 0 Å². The maximum Gasteiger partial charge on any atom is 0.241 e. The van der Waals surface area contributed by atoms with Crippen LogP contribution in [0.15, 0.2) is 47.4 Å². The summed E-state index contributed by atoms with van der Waals surface area (Å²) in [5.74, 6) is 1.74. The van der Waals surface area contributed by atoms with E-state index >= 15 is 0 Å². The van der Waals surface area contributed by atoms with Gasteiger partial charge in [-0.05, 0) is 48.9 Å². The molecule has 0 heterocycles. The molecule has 7 heteroatoms. The average molecular weight is 351 g/mol. The third-order valence-corrected chi connectivity index (χ3v) is 5.17. The van der Waals surface area contributed by atoms with Crippen molar-refractivity contribution in [3.8, 4) is 17.2 Å². The Bertz CT molecular complexity index is 787. The van der Waals surface area contributed by atoms with Gasteiger partial charge in [-0.25, -0.2) is 13.1 Å². The summed E-state index contributed by atoms with van der Waals surface area (Å²) in [4.78, 5) is 0.177. The van der Waals surface area contributed by atoms with Crippen LogP contribution in [0.2, 0.25) is 0 Å². The highest BCUT2D eigenvalue weighted by Gasteiger charge is 2.19. The molecule has 24 heavy (non-hydrogen) atoms. The van der Waals surface area contributed by atoms with Crippen molar-refractivity contribution in [2.75, 3.05) is 21.3 Å². The molecule has 0 amide bonds. The molecule has 0 spiro atoms. The van der Waals surface area contributed by atoms with Crippen molar-refractivity contribution in [2.45, 2.75) is 17.9 Å². The monoisotopic (exact) mass is 351 g/mol. The molecule has 0 fully saturated rings. The van der Waals surface area contributed by atoms with Crippen molar-refractivity contribution in [3.05, 3.63) is 48.0 Å². The summed E-state index contributed by atoms with van der Waals surface area (Å²) in [6.45, 7) is 1.77. The molecule has 1 atom stereocenters. The summed E-state index contributed by atoms with van der Waals surface area (Å²) in [6, 6.07) is 11.1. The minimum Gasteiger partial charge on any atom is -0.497 e. The van der Waals surface area contributed by atoms with Gasteiger partial charge >= 0.3 is 0 Å². The van der Waals surface area contributed by atoms with Crippen LogP contribution < -0.4 is 18.9 Å². The van der Waals surface area contributed by atoms with Gasteiger partial charge in [0.05, 0.1) is 26.2 Å². The van der Waals surface area contributed by atoms with Gasteiger partial charge in [0.25, 0.3) is 0 Å². The van der Waals surface area contributed by atoms with E-state index in [0.717, 1.165) is 5.56 Å². The summed E-state index contributed by atoms with van der Waals surface area (Å²) in [7, 11) is 0.968. The number of benzene rings is 2. The van der Waals surface area contributed by atoms with Crippen molar-refractivity contribution in [2.24, 2.45) is 0 Å². The van der Waals surface area contributed by atoms with Gasteiger partial charge < -0.3 is 14.2 Å². The van der Waals surface area contributed by atoms with Crippen molar-refractivity contribution < 1.29 is 22.6 Å². The van der Waals surface area contributed by atoms with Gasteiger partial charge in [-0.3, -0.25) is 0 Å². The van der Waals surface area contributed by atoms with E-state index in [0.29, 0.717) is 17.2 Å². The third-order valence-electron chi connectivity index (χ3n) is 3.61. The van der Waals surface area contributed by atoms with Crippen LogP contribution in [0, 0.1) is 0 Å². The van der Waals surface area contributed by atoms with Crippen molar-refractivity contribution >= 4 is 10.0 Å². The van der Waals surface area contributed by atoms with E-state index in [9.17, 15) is 8.42 Å². The summed E-state index contributed by atoms with van der Waals surface area (Å²) in [5, 5.41) is 0. The molecule has 0 aliphatic rings. The van der Waals surface area contributed by atoms with Gasteiger partial charge in [-0.2, -0.15) is 0 Å². The summed E-state index contributed by atoms with van der Waals surface area (Å²) in [5.41, 5.74) is 0.768. The van der Waals surface area contributed by atoms with Crippen molar-refractivity contribution in [1.82, 2.24) is 4.72 Å². The van der Waals surface area contributed by atoms with E-state index in [2.05, 4.69) is 4.72 Å². The lowest BCUT2D eigenvalue weighted by Gasteiger charge is -2.17. The fourth-order valence-electron chi connectivity index (χ4n) is 2.25. The van der Waals surface area contributed by atoms with Gasteiger partial charge in [-0.1, -0.05) is 6.07 Å². The molecule has 2 rings (SSSR count). The predicted octanol–water partition coefficient (Wildman–Crippen LogP) is 2.75. The fourth-order valence-corrected chi connectivity index (χ4v) is 3.48. The fraction of sp³-hybridized carbons (Fsp3) is 0.294. The number of hydrogen-bond donors (Lipinski definition) is 1. The highest BCUT2D eigenvalue weighted by molar-refractivity contribution is 7.89. The molecular weight excluding hydrogens is 330 g/mol. The zero-order chi connectivity index (χ0) is 17.7. The van der Waals surface area contributed by atoms with Crippen molar-refractivity contribution in [3.63, 3.8) is 0 Å². The molecule has 2 aromatic carbocycles. The lowest BCUT2D eigenvalue weighted by Crippen LogP contribution is -2.26. The number of sulfonamides is 1. The topological polar surface area (TPSA) is 73.9 Å². The van der Waals surface area contributed by atoms with Crippen molar-refractivity contribution in [1.29, 1.82) is 0 Å². The van der Waals surface area contributed by atoms with Crippen LogP contribution in [0.25, 0.3) is 0 Å². The highest BCUT2D eigenvalue weighted by Crippen LogP contribution is 2.30. The highest BCUT2D eigenvalue weighted by atomic mass is 32.2. The maximum absolute atomic E-state index is 12.5. The van der Waals surface area contributed by atoms with Crippen LogP contribution in [-0.4, -0.2) is 29.7 Å². The standard InChI is InChI=1S/C17H21NO5S/c1-12(13-5-10-16(22-3)17(11-13)23-4)18-24(19,20)15-8-6-14(21-2)7-9-15/h5-12,18H,1-4H3/t12-/m1/s1. The molecule has 1 N–H and O–H groups in total. The van der Waals surface area contributed by atoms with Crippen LogP contribution in [-0.2, 0) is 10.0 Å². The second-order valence-electron chi connectivity index (χ2n) is 5.13. The Kier molecular flexibility index (Phi) is 5.69. The van der Waals surface area contributed by atoms with Gasteiger partial charge in [-0.15, -0.1) is 0 Å². The first-order valence-electron chi connectivity index (χ1n) is 7.29. The van der Waals surface area contributed by atoms with E-state index in [-0.39, 0.29) is 4.90 Å². The Morgan fingerprint density at radius 2 is 1.50 bits per heavy atom. The molecule has 130 valence electrons. The molecule has 0 unspecified atom stereocenters. The van der Waals surface area contributed by atoms with Gasteiger partial charge in [0.15, 0.2) is 11.5 Å². The molecule has 0 aliphatic heterocycles. The molecule has 0 saturated carbocycles. The second kappa shape index (κ2) is 7.55. The summed E-state index contributed by atoms with van der Waals surface area (Å²) >= 11 is 0. The van der Waals surface area contributed by atoms with Crippen LogP contribution in [0.4, 0.5) is 0 Å². The quantitative estimate of drug-likeness (QED) is 0.830. The summed E-state index contributed by atoms with van der Waals surface area (Å²) in [6.07, 6.45) is 0. The third kappa shape index (κ3) is 3.98. The molecule has 0 aliphatic carbocycles. The number of hydrogen-bond acceptors (Lipinski definition) is 5. The first-order valence-corrected chi connectivity index (χ1v) is 8.78. The van der Waals surface area contributed by atoms with E-state index in [4.69, 9.17) is 14.2 Å². The average Bonchev–Trinajstić information content (AvgIpc) is 2.60. The smallest absolute Gasteiger partial charge is 0.241 e. The number of nitrogens with one attached hydrogen (secondary N) is 1. The molecule has 0 radical (unpaired) electrons. The summed E-state index contributed by atoms with van der Waals surface area (Å²) < 4.78 is 43.1. The van der Waals surface area contributed by atoms with Crippen LogP contribution >= 0.6 is 0 Å². The first kappa shape index (κ1) is 18.1. The lowest BCUT2D eigenvalue weighted by molar-refractivity contribution is 0.354. The van der Waals surface area contributed by atoms with Gasteiger partial charge in [0, 0.05) is 6.04 Å². The number of methoxy groups -OCH3 is 3. The van der Waals surface area contributed by atoms with E-state index in [1.165, 1.54) is 26.4 Å². The first-order chi connectivity index (χ1) is 11.4. The Labute approximate surface area is 142 Å². The number of ether oxygens (including phenoxy) is 3. The Morgan fingerprint density at radius 3 is 2.04 bits per heavy atom. The van der Waals surface area contributed by atoms with Gasteiger partial charge in [0.2, 0.25) is 10.0 Å². The maximum atomic E-state index is 12.5. The lowest BCUT2D eigenvalue weighted by atomic mass is 10.1. The molecule has 0 saturated heterocycles. The Balaban J connectivity index is 2.22. The normalized spacial score (nSPS) is 12.5. The van der Waals surface area contributed by atoms with Crippen LogP contribution in [0.1, 0.15) is 18.5 Å². The Morgan fingerprint density at radius 1 is 0.875 bits per heavy atom. The molecule has 0 bridgehead atoms. The van der Waals surface area contributed by atoms with Crippen LogP contribution in [0.5, 0.6) is 17.2 Å². The zero-order valence-electron chi connectivity index (χ0n) is 14.1. The molecular formula is C17H21NO5S. The van der Waals surface area contributed by atoms with Gasteiger partial charge in [0.1, 0.15) is 5.75 Å². The Hall–Kier alpha value is -2.25. The zero-order valence-corrected chi connectivity index (χ0v) is 14.9. The molecule has 0 aromatic heterocycles. The molecule has 6 nitrogen and oxygen atoms in total. The molecule has 2 aromatic rings. The second-order valence-corrected chi connectivity index (χ2v) is 6.85. The SMILES string of the molecule is COc1ccc(S(=O)(=O)N[C@H](C)c2ccc(OC)c(OC)c2)cc1. The van der Waals surface area contributed by atoms with E-state index < -0.39 is 16.1 Å². The van der Waals surface area contributed by atoms with Crippen LogP contribution in [0.3, 0.4) is 0 Å². The predicted molar refractivity (Wildman–Crippen MR) is 91.3 cm³/mol. The minimum absolute atomic E-state index is 0.177. The minimum atomic E-state index is -3.65. The van der Waals surface area contributed by atoms with E-state index in [1.54, 1.807) is 44.4 Å². The largest absolute Gasteiger partial charge is 0.497 e. The number of rotatable bonds is 7.